The Morgan fingerprint density at radius 1 is 1.00 bits per heavy atom. The number of carboxylic acid groups (broad SMARTS) is 2. The number of aliphatic carboxylic acids is 2. The van der Waals surface area contributed by atoms with Gasteiger partial charge in [0.15, 0.2) is 0 Å². The molecule has 0 saturated heterocycles. The van der Waals surface area contributed by atoms with Crippen molar-refractivity contribution in [2.45, 2.75) is 43.1 Å². The van der Waals surface area contributed by atoms with E-state index in [1.807, 2.05) is 0 Å². The zero-order valence-corrected chi connectivity index (χ0v) is 16.7. The third-order valence-electron chi connectivity index (χ3n) is 2.18. The molecule has 0 radical (unpaired) electrons. The minimum absolute atomic E-state index is 0. The summed E-state index contributed by atoms with van der Waals surface area (Å²) in [6.45, 7) is 0. The van der Waals surface area contributed by atoms with Crippen molar-refractivity contribution < 1.29 is 123 Å². The predicted octanol–water partition coefficient (Wildman–Crippen LogP) is -7.21. The van der Waals surface area contributed by atoms with E-state index in [1.54, 1.807) is 0 Å². The molecule has 0 spiro atoms. The van der Waals surface area contributed by atoms with Gasteiger partial charge in [-0.15, -0.1) is 0 Å². The van der Waals surface area contributed by atoms with Crippen LogP contribution in [-0.2, 0) is 9.59 Å². The quantitative estimate of drug-likeness (QED) is 0.369. The summed E-state index contributed by atoms with van der Waals surface area (Å²) in [5.41, 5.74) is 0. The topological polar surface area (TPSA) is 80.3 Å². The third kappa shape index (κ3) is 19.2. The van der Waals surface area contributed by atoms with Gasteiger partial charge in [-0.2, -0.15) is 0 Å². The first-order valence-corrected chi connectivity index (χ1v) is 4.92. The second-order valence-electron chi connectivity index (χ2n) is 3.66. The van der Waals surface area contributed by atoms with E-state index in [1.165, 1.54) is 32.1 Å². The third-order valence-corrected chi connectivity index (χ3v) is 2.18. The van der Waals surface area contributed by atoms with E-state index in [0.29, 0.717) is 0 Å². The maximum absolute atomic E-state index is 9.28. The summed E-state index contributed by atoms with van der Waals surface area (Å²) in [5.74, 6) is -3.25. The van der Waals surface area contributed by atoms with Crippen molar-refractivity contribution in [2.24, 2.45) is 0 Å². The molecule has 16 heavy (non-hydrogen) atoms. The van der Waals surface area contributed by atoms with Gasteiger partial charge in [0, 0.05) is 18.4 Å². The van der Waals surface area contributed by atoms with Crippen LogP contribution in [-0.4, -0.2) is 29.7 Å². The molecule has 4 nitrogen and oxygen atoms in total. The standard InChI is InChI=1S/C6H11.C3H4O4.2K.Li/c1-2-4-6-5-3-1;4-2(5)1-3(6)7;;;/h1H,2-6H2;1H2,(H,4,5)(H,6,7);;;/q;;2*+1;/p-2. The van der Waals surface area contributed by atoms with Crippen molar-refractivity contribution in [3.05, 3.63) is 0 Å². The first-order chi connectivity index (χ1) is 6.52. The summed E-state index contributed by atoms with van der Waals surface area (Å²) < 4.78 is 1.04. The van der Waals surface area contributed by atoms with Gasteiger partial charge < -0.3 is 19.8 Å². The van der Waals surface area contributed by atoms with Crippen molar-refractivity contribution >= 4 is 29.7 Å². The Labute approximate surface area is 191 Å². The molecule has 1 saturated carbocycles. The first kappa shape index (κ1) is 23.9. The van der Waals surface area contributed by atoms with Gasteiger partial charge in [0.2, 0.25) is 0 Å². The van der Waals surface area contributed by atoms with Crippen LogP contribution in [0.3, 0.4) is 0 Å². The van der Waals surface area contributed by atoms with Crippen LogP contribution < -0.4 is 113 Å². The summed E-state index contributed by atoms with van der Waals surface area (Å²) in [5, 5.41) is 18.6. The van der Waals surface area contributed by atoms with E-state index in [-0.39, 0.29) is 103 Å². The SMILES string of the molecule is O=C([O-])CC(=O)[O-].[K+].[K+].[Li][CH]1CCCCC1. The Kier molecular flexibility index (Phi) is 23.7. The number of hydrogen-bond donors (Lipinski definition) is 0. The Morgan fingerprint density at radius 3 is 1.50 bits per heavy atom. The molecular formula is C9H13K2LiO4. The average molecular weight is 270 g/mol. The summed E-state index contributed by atoms with van der Waals surface area (Å²) in [7, 11) is 0. The second kappa shape index (κ2) is 15.9. The molecule has 1 fully saturated rings. The number of carbonyl (C=O) groups is 2. The molecule has 0 N–H and O–H groups in total. The van der Waals surface area contributed by atoms with Crippen LogP contribution in [0.2, 0.25) is 4.59 Å². The van der Waals surface area contributed by atoms with Crippen molar-refractivity contribution in [2.75, 3.05) is 0 Å². The van der Waals surface area contributed by atoms with Crippen LogP contribution in [0, 0.1) is 0 Å². The molecule has 0 heterocycles. The molecule has 0 unspecified atom stereocenters. The fourth-order valence-electron chi connectivity index (χ4n) is 1.42. The van der Waals surface area contributed by atoms with Crippen molar-refractivity contribution in [1.82, 2.24) is 0 Å². The zero-order valence-electron chi connectivity index (χ0n) is 10.5. The van der Waals surface area contributed by atoms with E-state index in [4.69, 9.17) is 0 Å². The van der Waals surface area contributed by atoms with Crippen molar-refractivity contribution in [3.63, 3.8) is 0 Å². The molecule has 0 aliphatic heterocycles. The fraction of sp³-hybridized carbons (Fsp3) is 0.778. The minimum atomic E-state index is -1.63. The van der Waals surface area contributed by atoms with Crippen LogP contribution in [0.25, 0.3) is 0 Å². The summed E-state index contributed by atoms with van der Waals surface area (Å²) >= 11 is 2.36. The van der Waals surface area contributed by atoms with Crippen LogP contribution in [0.1, 0.15) is 38.5 Å². The van der Waals surface area contributed by atoms with Gasteiger partial charge in [-0.1, -0.05) is 0 Å². The monoisotopic (exact) mass is 270 g/mol. The number of rotatable bonds is 2. The fourth-order valence-corrected chi connectivity index (χ4v) is 1.42. The van der Waals surface area contributed by atoms with Crippen LogP contribution in [0.15, 0.2) is 0 Å². The molecule has 76 valence electrons. The van der Waals surface area contributed by atoms with Gasteiger partial charge >= 0.3 is 157 Å². The Bertz CT molecular complexity index is 184. The van der Waals surface area contributed by atoms with E-state index in [0.717, 1.165) is 4.59 Å². The molecule has 0 atom stereocenters. The van der Waals surface area contributed by atoms with E-state index in [9.17, 15) is 19.8 Å². The van der Waals surface area contributed by atoms with Gasteiger partial charge in [-0.3, -0.25) is 0 Å². The first-order valence-electron chi connectivity index (χ1n) is 4.92. The van der Waals surface area contributed by atoms with E-state index < -0.39 is 18.4 Å². The van der Waals surface area contributed by atoms with Gasteiger partial charge in [-0.25, -0.2) is 0 Å². The molecule has 0 amide bonds. The number of hydrogen-bond acceptors (Lipinski definition) is 4. The molecule has 0 aromatic heterocycles. The zero-order chi connectivity index (χ0) is 11.0. The summed E-state index contributed by atoms with van der Waals surface area (Å²) in [6, 6.07) is 0. The molecule has 1 aliphatic rings. The van der Waals surface area contributed by atoms with Crippen LogP contribution >= 0.6 is 0 Å². The van der Waals surface area contributed by atoms with E-state index >= 15 is 0 Å². The Balaban J connectivity index is -0.000000188. The second-order valence-corrected chi connectivity index (χ2v) is 3.66. The molecule has 1 rings (SSSR count). The van der Waals surface area contributed by atoms with Gasteiger partial charge in [0.25, 0.3) is 0 Å². The molecular weight excluding hydrogens is 257 g/mol. The average Bonchev–Trinajstić information content (AvgIpc) is 2.03. The molecule has 0 aromatic rings. The molecule has 7 heteroatoms. The number of carbonyl (C=O) groups excluding carboxylic acids is 2. The van der Waals surface area contributed by atoms with Gasteiger partial charge in [0.1, 0.15) is 0 Å². The normalized spacial score (nSPS) is 14.6. The molecule has 0 aromatic carbocycles. The van der Waals surface area contributed by atoms with Gasteiger partial charge in [-0.05, 0) is 0 Å². The summed E-state index contributed by atoms with van der Waals surface area (Å²) in [4.78, 5) is 18.6. The maximum atomic E-state index is 9.28. The van der Waals surface area contributed by atoms with Gasteiger partial charge in [0.05, 0.1) is 0 Å². The predicted molar refractivity (Wildman–Crippen MR) is 47.2 cm³/mol. The Morgan fingerprint density at radius 2 is 1.38 bits per heavy atom. The summed E-state index contributed by atoms with van der Waals surface area (Å²) in [6.07, 6.45) is 6.41. The van der Waals surface area contributed by atoms with Crippen LogP contribution in [0.5, 0.6) is 0 Å². The van der Waals surface area contributed by atoms with E-state index in [2.05, 4.69) is 17.7 Å². The molecule has 1 aliphatic carbocycles. The van der Waals surface area contributed by atoms with Crippen molar-refractivity contribution in [3.8, 4) is 0 Å². The Hall–Kier alpha value is 2.81. The van der Waals surface area contributed by atoms with Crippen molar-refractivity contribution in [1.29, 1.82) is 0 Å². The number of carboxylic acids is 2. The molecule has 0 bridgehead atoms. The van der Waals surface area contributed by atoms with Crippen LogP contribution in [0.4, 0.5) is 0 Å².